The summed E-state index contributed by atoms with van der Waals surface area (Å²) in [5, 5.41) is 39.9. The number of aliphatic hydroxyl groups is 4. The Kier molecular flexibility index (Phi) is 28.3. The van der Waals surface area contributed by atoms with Crippen LogP contribution in [0.15, 0.2) is 61.3 Å². The number of esters is 2. The van der Waals surface area contributed by atoms with Crippen molar-refractivity contribution >= 4 is 11.9 Å². The highest BCUT2D eigenvalue weighted by atomic mass is 16.7. The zero-order valence-corrected chi connectivity index (χ0v) is 30.5. The van der Waals surface area contributed by atoms with E-state index >= 15 is 0 Å². The summed E-state index contributed by atoms with van der Waals surface area (Å²) in [4.78, 5) is 25.1. The minimum atomic E-state index is -1.60. The summed E-state index contributed by atoms with van der Waals surface area (Å²) in [6.45, 7) is 4.70. The number of rotatable bonds is 30. The van der Waals surface area contributed by atoms with Gasteiger partial charge in [-0.15, -0.1) is 6.58 Å². The lowest BCUT2D eigenvalue weighted by atomic mass is 9.99. The van der Waals surface area contributed by atoms with Crippen molar-refractivity contribution in [1.29, 1.82) is 0 Å². The molecule has 4 N–H and O–H groups in total. The number of hydrogen-bond donors (Lipinski definition) is 4. The van der Waals surface area contributed by atoms with Crippen LogP contribution in [0.2, 0.25) is 0 Å². The van der Waals surface area contributed by atoms with E-state index in [4.69, 9.17) is 18.9 Å². The molecule has 0 aliphatic carbocycles. The fourth-order valence-electron chi connectivity index (χ4n) is 5.29. The Morgan fingerprint density at radius 1 is 0.680 bits per heavy atom. The summed E-state index contributed by atoms with van der Waals surface area (Å²) < 4.78 is 22.0. The highest BCUT2D eigenvalue weighted by molar-refractivity contribution is 5.70. The Labute approximate surface area is 300 Å². The van der Waals surface area contributed by atoms with Crippen LogP contribution in [-0.2, 0) is 28.5 Å². The average Bonchev–Trinajstić information content (AvgIpc) is 3.11. The molecule has 1 heterocycles. The van der Waals surface area contributed by atoms with Gasteiger partial charge in [-0.3, -0.25) is 9.59 Å². The summed E-state index contributed by atoms with van der Waals surface area (Å²) in [5.41, 5.74) is 0. The van der Waals surface area contributed by atoms with E-state index in [1.54, 1.807) is 0 Å². The van der Waals surface area contributed by atoms with Gasteiger partial charge in [0, 0.05) is 12.8 Å². The van der Waals surface area contributed by atoms with Crippen LogP contribution in [0.3, 0.4) is 0 Å². The maximum atomic E-state index is 12.7. The maximum absolute atomic E-state index is 12.7. The fraction of sp³-hybridized carbons (Fsp3) is 0.700. The molecule has 0 spiro atoms. The van der Waals surface area contributed by atoms with Crippen molar-refractivity contribution in [1.82, 2.24) is 0 Å². The number of hydrogen-bond acceptors (Lipinski definition) is 10. The van der Waals surface area contributed by atoms with Crippen LogP contribution in [0.5, 0.6) is 0 Å². The molecule has 0 unspecified atom stereocenters. The molecule has 286 valence electrons. The topological polar surface area (TPSA) is 152 Å². The van der Waals surface area contributed by atoms with Crippen molar-refractivity contribution < 1.29 is 49.0 Å². The van der Waals surface area contributed by atoms with Crippen LogP contribution < -0.4 is 0 Å². The second kappa shape index (κ2) is 31.2. The Balaban J connectivity index is 2.42. The van der Waals surface area contributed by atoms with Gasteiger partial charge in [0.15, 0.2) is 12.4 Å². The highest BCUT2D eigenvalue weighted by Crippen LogP contribution is 2.22. The minimum absolute atomic E-state index is 0.203. The van der Waals surface area contributed by atoms with Crippen molar-refractivity contribution in [2.24, 2.45) is 0 Å². The van der Waals surface area contributed by atoms with E-state index < -0.39 is 55.4 Å². The van der Waals surface area contributed by atoms with E-state index in [0.29, 0.717) is 12.8 Å². The second-order valence-corrected chi connectivity index (χ2v) is 12.7. The molecule has 0 radical (unpaired) electrons. The van der Waals surface area contributed by atoms with Gasteiger partial charge in [-0.25, -0.2) is 0 Å². The second-order valence-electron chi connectivity index (χ2n) is 12.7. The van der Waals surface area contributed by atoms with Crippen LogP contribution in [-0.4, -0.2) is 89.0 Å². The normalized spacial score (nSPS) is 21.8. The number of ether oxygens (including phenoxy) is 4. The van der Waals surface area contributed by atoms with E-state index in [1.807, 2.05) is 6.08 Å². The van der Waals surface area contributed by atoms with Crippen LogP contribution >= 0.6 is 0 Å². The van der Waals surface area contributed by atoms with Crippen molar-refractivity contribution in [2.75, 3.05) is 19.8 Å². The van der Waals surface area contributed by atoms with Crippen LogP contribution in [0.1, 0.15) is 122 Å². The van der Waals surface area contributed by atoms with Gasteiger partial charge in [0.2, 0.25) is 0 Å². The van der Waals surface area contributed by atoms with E-state index in [9.17, 15) is 30.0 Å². The number of carbonyl (C=O) groups is 2. The molecule has 6 atom stereocenters. The molecular weight excluding hydrogens is 640 g/mol. The summed E-state index contributed by atoms with van der Waals surface area (Å²) in [6, 6.07) is 0. The molecule has 0 amide bonds. The molecule has 1 rings (SSSR count). The minimum Gasteiger partial charge on any atom is -0.462 e. The molecule has 50 heavy (non-hydrogen) atoms. The molecule has 1 aliphatic heterocycles. The Bertz CT molecular complexity index is 989. The molecule has 0 bridgehead atoms. The fourth-order valence-corrected chi connectivity index (χ4v) is 5.29. The van der Waals surface area contributed by atoms with E-state index in [2.05, 4.69) is 62.1 Å². The zero-order valence-electron chi connectivity index (χ0n) is 30.5. The van der Waals surface area contributed by atoms with Crippen molar-refractivity contribution in [3.63, 3.8) is 0 Å². The smallest absolute Gasteiger partial charge is 0.306 e. The average molecular weight is 707 g/mol. The van der Waals surface area contributed by atoms with Gasteiger partial charge in [-0.1, -0.05) is 100 Å². The largest absolute Gasteiger partial charge is 0.462 e. The monoisotopic (exact) mass is 706 g/mol. The molecular formula is C40H66O10. The van der Waals surface area contributed by atoms with E-state index in [-0.39, 0.29) is 26.1 Å². The third-order valence-electron chi connectivity index (χ3n) is 8.28. The number of unbranched alkanes of at least 4 members (excludes halogenated alkanes) is 10. The van der Waals surface area contributed by atoms with Crippen molar-refractivity contribution in [3.05, 3.63) is 61.3 Å². The van der Waals surface area contributed by atoms with Gasteiger partial charge in [-0.2, -0.15) is 0 Å². The van der Waals surface area contributed by atoms with Crippen LogP contribution in [0, 0.1) is 0 Å². The molecule has 0 aromatic heterocycles. The van der Waals surface area contributed by atoms with Gasteiger partial charge < -0.3 is 39.4 Å². The molecule has 0 saturated carbocycles. The predicted molar refractivity (Wildman–Crippen MR) is 196 cm³/mol. The van der Waals surface area contributed by atoms with Gasteiger partial charge >= 0.3 is 11.9 Å². The lowest BCUT2D eigenvalue weighted by Gasteiger charge is -2.39. The first-order valence-electron chi connectivity index (χ1n) is 18.8. The standard InChI is InChI=1S/C40H66O10/c1-3-5-7-9-11-13-15-16-17-18-19-21-23-25-27-29-36(43)49-33(32-48-40-39(46)38(45)37(44)34(30-41)50-40)31-47-35(42)28-26-24-22-20-14-12-10-8-6-4-2/h4-5,7-8,10-11,13,16-17,33-34,37-41,44-46H,2-3,6,9,12,14-15,18-32H2,1H3/b7-5+,10-8+,13-11+,17-16-/t33-,34-,37+,38+,39-,40-/m1/s1. The third kappa shape index (κ3) is 23.0. The first-order valence-corrected chi connectivity index (χ1v) is 18.8. The number of aliphatic hydroxyl groups excluding tert-OH is 4. The van der Waals surface area contributed by atoms with Crippen molar-refractivity contribution in [3.8, 4) is 0 Å². The summed E-state index contributed by atoms with van der Waals surface area (Å²) in [5.74, 6) is -0.860. The molecule has 10 heteroatoms. The summed E-state index contributed by atoms with van der Waals surface area (Å²) in [7, 11) is 0. The van der Waals surface area contributed by atoms with Gasteiger partial charge in [0.25, 0.3) is 0 Å². The number of allylic oxidation sites excluding steroid dienone is 9. The molecule has 1 fully saturated rings. The summed E-state index contributed by atoms with van der Waals surface area (Å²) in [6.07, 6.45) is 27.0. The Morgan fingerprint density at radius 3 is 1.82 bits per heavy atom. The predicted octanol–water partition coefficient (Wildman–Crippen LogP) is 6.71. The number of carbonyl (C=O) groups excluding carboxylic acids is 2. The van der Waals surface area contributed by atoms with Gasteiger partial charge in [0.1, 0.15) is 31.0 Å². The van der Waals surface area contributed by atoms with E-state index in [0.717, 1.165) is 89.9 Å². The molecule has 1 saturated heterocycles. The van der Waals surface area contributed by atoms with Gasteiger partial charge in [0.05, 0.1) is 13.2 Å². The molecule has 10 nitrogen and oxygen atoms in total. The lowest BCUT2D eigenvalue weighted by Crippen LogP contribution is -2.59. The third-order valence-corrected chi connectivity index (χ3v) is 8.28. The van der Waals surface area contributed by atoms with Gasteiger partial charge in [-0.05, 0) is 64.2 Å². The first-order chi connectivity index (χ1) is 24.3. The van der Waals surface area contributed by atoms with Crippen LogP contribution in [0.4, 0.5) is 0 Å². The Morgan fingerprint density at radius 2 is 1.22 bits per heavy atom. The highest BCUT2D eigenvalue weighted by Gasteiger charge is 2.44. The van der Waals surface area contributed by atoms with E-state index in [1.165, 1.54) is 0 Å². The maximum Gasteiger partial charge on any atom is 0.306 e. The molecule has 1 aliphatic rings. The lowest BCUT2D eigenvalue weighted by molar-refractivity contribution is -0.305. The zero-order chi connectivity index (χ0) is 36.7. The molecule has 0 aromatic carbocycles. The first kappa shape index (κ1) is 45.4. The quantitative estimate of drug-likeness (QED) is 0.0360. The summed E-state index contributed by atoms with van der Waals surface area (Å²) >= 11 is 0. The molecule has 0 aromatic rings. The Hall–Kier alpha value is -2.60. The van der Waals surface area contributed by atoms with Crippen molar-refractivity contribution in [2.45, 2.75) is 159 Å². The van der Waals surface area contributed by atoms with Crippen LogP contribution in [0.25, 0.3) is 0 Å². The SMILES string of the molecule is C=CC/C=C/CCCCCCCC(=O)OC[C@H](CO[C@@H]1O[C@H](CO)[C@H](O)[C@H](O)[C@H]1O)OC(=O)CCCCCCC/C=C\C/C=C/C/C=C/CC.